The Kier molecular flexibility index (Phi) is 12.4. The first-order chi connectivity index (χ1) is 17.3. The molecule has 1 aromatic heterocycles. The molecule has 3 aromatic rings. The van der Waals surface area contributed by atoms with E-state index in [-0.39, 0.29) is 21.9 Å². The molecule has 1 aliphatic carbocycles. The zero-order chi connectivity index (χ0) is 26.7. The van der Waals surface area contributed by atoms with Gasteiger partial charge in [-0.1, -0.05) is 57.5 Å². The minimum Gasteiger partial charge on any atom is -0.255 e. The largest absolute Gasteiger partial charge is 0.266 e. The highest BCUT2D eigenvalue weighted by atomic mass is 35.5. The van der Waals surface area contributed by atoms with E-state index in [1.54, 1.807) is 17.5 Å². The number of thioether (sulfide) groups is 1. The molecule has 10 heteroatoms. The Balaban J connectivity index is 0.00000109. The minimum atomic E-state index is -4.15. The van der Waals surface area contributed by atoms with Gasteiger partial charge >= 0.3 is 0 Å². The van der Waals surface area contributed by atoms with Crippen LogP contribution in [0.2, 0.25) is 5.02 Å². The number of allylic oxidation sites excluding steroid dienone is 2. The number of rotatable bonds is 7. The van der Waals surface area contributed by atoms with Crippen molar-refractivity contribution in [1.29, 1.82) is 0 Å². The third-order valence-electron chi connectivity index (χ3n) is 5.11. The van der Waals surface area contributed by atoms with Crippen molar-refractivity contribution in [2.45, 2.75) is 56.7 Å². The highest BCUT2D eigenvalue weighted by Crippen LogP contribution is 2.39. The normalized spacial score (nSPS) is 15.1. The molecule has 0 aliphatic heterocycles. The Bertz CT molecular complexity index is 1230. The number of nitrogens with zero attached hydrogens (tertiary/aromatic N) is 1. The van der Waals surface area contributed by atoms with Gasteiger partial charge in [-0.2, -0.15) is 0 Å². The van der Waals surface area contributed by atoms with E-state index >= 15 is 0 Å². The molecular formula is C26H31ClF2N2O2S3. The molecule has 2 aromatic carbocycles. The van der Waals surface area contributed by atoms with Crippen LogP contribution in [-0.4, -0.2) is 19.2 Å². The smallest absolute Gasteiger partial charge is 0.255 e. The Morgan fingerprint density at radius 3 is 2.47 bits per heavy atom. The number of sulfonamides is 1. The average molecular weight is 573 g/mol. The number of hydrogen-bond donors (Lipinski definition) is 1. The van der Waals surface area contributed by atoms with Gasteiger partial charge in [0.25, 0.3) is 10.0 Å². The monoisotopic (exact) mass is 572 g/mol. The van der Waals surface area contributed by atoms with Crippen molar-refractivity contribution in [3.63, 3.8) is 0 Å². The summed E-state index contributed by atoms with van der Waals surface area (Å²) >= 11 is 8.80. The Labute approximate surface area is 226 Å². The van der Waals surface area contributed by atoms with Gasteiger partial charge in [0.1, 0.15) is 16.5 Å². The topological polar surface area (TPSA) is 59.1 Å². The van der Waals surface area contributed by atoms with Crippen LogP contribution < -0.4 is 4.72 Å². The van der Waals surface area contributed by atoms with Gasteiger partial charge in [0, 0.05) is 22.2 Å². The van der Waals surface area contributed by atoms with Gasteiger partial charge in [0.15, 0.2) is 5.13 Å². The lowest BCUT2D eigenvalue weighted by atomic mass is 9.85. The van der Waals surface area contributed by atoms with Crippen molar-refractivity contribution < 1.29 is 17.2 Å². The molecule has 0 saturated heterocycles. The lowest BCUT2D eigenvalue weighted by molar-refractivity contribution is 0.568. The van der Waals surface area contributed by atoms with E-state index < -0.39 is 20.7 Å². The van der Waals surface area contributed by atoms with E-state index in [0.717, 1.165) is 53.9 Å². The zero-order valence-electron chi connectivity index (χ0n) is 20.7. The molecule has 1 heterocycles. The number of nitrogens with one attached hydrogen (secondary N) is 1. The number of halogens is 3. The van der Waals surface area contributed by atoms with Crippen LogP contribution in [0, 0.1) is 17.6 Å². The van der Waals surface area contributed by atoms with E-state index in [9.17, 15) is 17.2 Å². The average Bonchev–Trinajstić information content (AvgIpc) is 3.40. The van der Waals surface area contributed by atoms with Gasteiger partial charge in [0.2, 0.25) is 0 Å². The van der Waals surface area contributed by atoms with Crippen LogP contribution in [0.25, 0.3) is 5.57 Å². The van der Waals surface area contributed by atoms with Crippen LogP contribution in [0.15, 0.2) is 63.8 Å². The number of thiazole rings is 1. The summed E-state index contributed by atoms with van der Waals surface area (Å²) in [6.45, 7) is 8.00. The summed E-state index contributed by atoms with van der Waals surface area (Å²) in [5.74, 6) is -0.309. The maximum Gasteiger partial charge on any atom is 0.266 e. The van der Waals surface area contributed by atoms with Crippen LogP contribution in [0.1, 0.15) is 52.5 Å². The highest BCUT2D eigenvalue weighted by molar-refractivity contribution is 7.99. The van der Waals surface area contributed by atoms with Crippen molar-refractivity contribution in [2.75, 3.05) is 10.5 Å². The number of aromatic nitrogens is 1. The summed E-state index contributed by atoms with van der Waals surface area (Å²) in [5, 5.41) is 1.93. The second kappa shape index (κ2) is 14.7. The third kappa shape index (κ3) is 8.03. The molecule has 0 fully saturated rings. The Morgan fingerprint density at radius 1 is 1.14 bits per heavy atom. The van der Waals surface area contributed by atoms with Gasteiger partial charge in [0.05, 0.1) is 5.02 Å². The SMILES string of the molecule is CC.CC.O=S(=O)(Nc1nccs1)c1cc(Cl)c(SCC2CCCC=C2c2ccc(F)cc2)cc1F. The fraction of sp³-hybridized carbons (Fsp3) is 0.346. The standard InChI is InChI=1S/C22H19ClF2N2O2S3.2C2H6/c23-18-11-21(32(28,29)27-22-26-9-10-30-22)19(25)12-20(18)31-13-15-3-1-2-4-17(15)14-5-7-16(24)8-6-14;2*1-2/h4-12,15H,1-3,13H2,(H,26,27);2*1-2H3. The van der Waals surface area contributed by atoms with Crippen LogP contribution in [-0.2, 0) is 10.0 Å². The van der Waals surface area contributed by atoms with Gasteiger partial charge < -0.3 is 0 Å². The summed E-state index contributed by atoms with van der Waals surface area (Å²) in [6.07, 6.45) is 6.58. The molecule has 0 amide bonds. The zero-order valence-corrected chi connectivity index (χ0v) is 23.9. The van der Waals surface area contributed by atoms with E-state index in [2.05, 4.69) is 15.8 Å². The van der Waals surface area contributed by atoms with Gasteiger partial charge in [-0.3, -0.25) is 4.72 Å². The molecule has 1 aliphatic rings. The molecule has 1 atom stereocenters. The first-order valence-corrected chi connectivity index (χ1v) is 15.6. The van der Waals surface area contributed by atoms with Crippen molar-refractivity contribution in [2.24, 2.45) is 5.92 Å². The molecule has 1 N–H and O–H groups in total. The summed E-state index contributed by atoms with van der Waals surface area (Å²) in [4.78, 5) is 3.81. The van der Waals surface area contributed by atoms with E-state index in [1.165, 1.54) is 30.1 Å². The van der Waals surface area contributed by atoms with Crippen LogP contribution >= 0.6 is 34.7 Å². The molecule has 0 bridgehead atoms. The van der Waals surface area contributed by atoms with Gasteiger partial charge in [-0.05, 0) is 60.6 Å². The first kappa shape index (κ1) is 30.3. The molecule has 0 radical (unpaired) electrons. The van der Waals surface area contributed by atoms with Crippen molar-refractivity contribution in [3.05, 3.63) is 76.3 Å². The maximum absolute atomic E-state index is 14.7. The molecule has 196 valence electrons. The molecule has 4 nitrogen and oxygen atoms in total. The second-order valence-electron chi connectivity index (χ2n) is 7.26. The van der Waals surface area contributed by atoms with E-state index in [0.29, 0.717) is 10.6 Å². The third-order valence-corrected chi connectivity index (χ3v) is 8.92. The summed E-state index contributed by atoms with van der Waals surface area (Å²) < 4.78 is 55.4. The molecule has 36 heavy (non-hydrogen) atoms. The van der Waals surface area contributed by atoms with Crippen LogP contribution in [0.5, 0.6) is 0 Å². The lowest BCUT2D eigenvalue weighted by Crippen LogP contribution is -2.15. The fourth-order valence-electron chi connectivity index (χ4n) is 3.57. The number of anilines is 1. The molecular weight excluding hydrogens is 542 g/mol. The van der Waals surface area contributed by atoms with Crippen molar-refractivity contribution >= 4 is 55.4 Å². The number of hydrogen-bond acceptors (Lipinski definition) is 5. The van der Waals surface area contributed by atoms with Crippen LogP contribution in [0.4, 0.5) is 13.9 Å². The summed E-state index contributed by atoms with van der Waals surface area (Å²) in [5.41, 5.74) is 2.12. The predicted molar refractivity (Wildman–Crippen MR) is 149 cm³/mol. The minimum absolute atomic E-state index is 0.149. The van der Waals surface area contributed by atoms with E-state index in [1.807, 2.05) is 27.7 Å². The second-order valence-corrected chi connectivity index (χ2v) is 11.3. The molecule has 4 rings (SSSR count). The summed E-state index contributed by atoms with van der Waals surface area (Å²) in [7, 11) is -4.15. The lowest BCUT2D eigenvalue weighted by Gasteiger charge is -2.25. The van der Waals surface area contributed by atoms with Gasteiger partial charge in [-0.25, -0.2) is 22.2 Å². The Morgan fingerprint density at radius 2 is 1.83 bits per heavy atom. The van der Waals surface area contributed by atoms with Gasteiger partial charge in [-0.15, -0.1) is 23.1 Å². The van der Waals surface area contributed by atoms with Crippen molar-refractivity contribution in [3.8, 4) is 0 Å². The summed E-state index contributed by atoms with van der Waals surface area (Å²) in [6, 6.07) is 8.72. The molecule has 1 unspecified atom stereocenters. The Hall–Kier alpha value is -1.94. The van der Waals surface area contributed by atoms with E-state index in [4.69, 9.17) is 11.6 Å². The van der Waals surface area contributed by atoms with Crippen LogP contribution in [0.3, 0.4) is 0 Å². The molecule has 0 saturated carbocycles. The quantitative estimate of drug-likeness (QED) is 0.287. The maximum atomic E-state index is 14.7. The number of benzene rings is 2. The highest BCUT2D eigenvalue weighted by Gasteiger charge is 2.24. The fourth-order valence-corrected chi connectivity index (χ4v) is 6.95. The first-order valence-electron chi connectivity index (χ1n) is 11.8. The predicted octanol–water partition coefficient (Wildman–Crippen LogP) is 8.90. The molecule has 0 spiro atoms. The van der Waals surface area contributed by atoms with Crippen molar-refractivity contribution in [1.82, 2.24) is 4.98 Å².